The Labute approximate surface area is 141 Å². The average Bonchev–Trinajstić information content (AvgIpc) is 2.79. The summed E-state index contributed by atoms with van der Waals surface area (Å²) in [4.78, 5) is 26.1. The zero-order valence-corrected chi connectivity index (χ0v) is 14.0. The van der Waals surface area contributed by atoms with Crippen molar-refractivity contribution in [3.8, 4) is 0 Å². The smallest absolute Gasteiger partial charge is 0.261 e. The number of hydrogen-bond donors (Lipinski definition) is 2. The van der Waals surface area contributed by atoms with E-state index in [2.05, 4.69) is 13.8 Å². The summed E-state index contributed by atoms with van der Waals surface area (Å²) in [5.74, 6) is -0.170. The molecule has 0 radical (unpaired) electrons. The second-order valence-corrected chi connectivity index (χ2v) is 8.11. The third kappa shape index (κ3) is 1.88. The number of benzene rings is 1. The largest absolute Gasteiger partial charge is 0.390 e. The molecule has 0 spiro atoms. The molecule has 2 amide bonds. The van der Waals surface area contributed by atoms with Gasteiger partial charge < -0.3 is 10.2 Å². The summed E-state index contributed by atoms with van der Waals surface area (Å²) >= 11 is 0. The summed E-state index contributed by atoms with van der Waals surface area (Å²) in [7, 11) is 0. The highest BCUT2D eigenvalue weighted by Crippen LogP contribution is 2.63. The van der Waals surface area contributed by atoms with Crippen LogP contribution in [0.25, 0.3) is 0 Å². The highest BCUT2D eigenvalue weighted by atomic mass is 16.3. The number of carbonyl (C=O) groups excluding carboxylic acids is 2. The zero-order valence-electron chi connectivity index (χ0n) is 14.0. The second kappa shape index (κ2) is 4.90. The third-order valence-electron chi connectivity index (χ3n) is 6.77. The molecule has 1 aliphatic heterocycles. The molecule has 4 aliphatic rings. The number of nitrogens with zero attached hydrogens (tertiary/aromatic N) is 1. The van der Waals surface area contributed by atoms with Gasteiger partial charge in [-0.15, -0.1) is 0 Å². The van der Waals surface area contributed by atoms with E-state index in [-0.39, 0.29) is 36.1 Å². The van der Waals surface area contributed by atoms with Crippen molar-refractivity contribution in [1.29, 1.82) is 0 Å². The average molecular weight is 329 g/mol. The van der Waals surface area contributed by atoms with Gasteiger partial charge in [0.05, 0.1) is 22.8 Å². The number of aliphatic hydroxyl groups is 2. The van der Waals surface area contributed by atoms with Gasteiger partial charge in [-0.2, -0.15) is 0 Å². The van der Waals surface area contributed by atoms with E-state index >= 15 is 0 Å². The van der Waals surface area contributed by atoms with Gasteiger partial charge in [-0.05, 0) is 48.6 Å². The molecular weight excluding hydrogens is 306 g/mol. The number of rotatable bonds is 3. The van der Waals surface area contributed by atoms with Crippen molar-refractivity contribution < 1.29 is 19.8 Å². The quantitative estimate of drug-likeness (QED) is 0.830. The maximum atomic E-state index is 12.4. The number of amides is 2. The summed E-state index contributed by atoms with van der Waals surface area (Å²) in [6, 6.07) is 6.78. The summed E-state index contributed by atoms with van der Waals surface area (Å²) < 4.78 is 0. The Kier molecular flexibility index (Phi) is 3.22. The Morgan fingerprint density at radius 1 is 1.12 bits per heavy atom. The first kappa shape index (κ1) is 15.8. The minimum atomic E-state index is -1.23. The highest BCUT2D eigenvalue weighted by Gasteiger charge is 2.64. The highest BCUT2D eigenvalue weighted by molar-refractivity contribution is 6.21. The van der Waals surface area contributed by atoms with Gasteiger partial charge in [0.2, 0.25) is 0 Å². The molecule has 0 saturated heterocycles. The Hall–Kier alpha value is -1.72. The molecule has 24 heavy (non-hydrogen) atoms. The van der Waals surface area contributed by atoms with Crippen LogP contribution in [0.5, 0.6) is 0 Å². The first-order chi connectivity index (χ1) is 11.3. The van der Waals surface area contributed by atoms with Gasteiger partial charge >= 0.3 is 0 Å². The van der Waals surface area contributed by atoms with Gasteiger partial charge in [0.15, 0.2) is 0 Å². The Bertz CT molecular complexity index is 693. The van der Waals surface area contributed by atoms with Crippen molar-refractivity contribution in [2.24, 2.45) is 17.3 Å². The monoisotopic (exact) mass is 329 g/mol. The molecule has 128 valence electrons. The number of imide groups is 1. The lowest BCUT2D eigenvalue weighted by Crippen LogP contribution is -2.68. The molecule has 1 aromatic carbocycles. The SMILES string of the molecule is CC1(C)[C@@H]2C[C@H]1[C@](O)(CCN1C(=O)c3ccccc3C1=O)[C@@H](O)C2. The number of fused-ring (bicyclic) bond motifs is 3. The third-order valence-corrected chi connectivity index (χ3v) is 6.77. The minimum Gasteiger partial charge on any atom is -0.390 e. The molecular formula is C19H23NO4. The van der Waals surface area contributed by atoms with Gasteiger partial charge in [0.1, 0.15) is 0 Å². The van der Waals surface area contributed by atoms with Crippen LogP contribution in [0.1, 0.15) is 53.8 Å². The van der Waals surface area contributed by atoms with Crippen LogP contribution in [0.2, 0.25) is 0 Å². The van der Waals surface area contributed by atoms with E-state index in [0.717, 1.165) is 6.42 Å². The topological polar surface area (TPSA) is 77.8 Å². The number of carbonyl (C=O) groups is 2. The van der Waals surface area contributed by atoms with Crippen LogP contribution in [0.3, 0.4) is 0 Å². The lowest BCUT2D eigenvalue weighted by atomic mass is 9.43. The first-order valence-electron chi connectivity index (χ1n) is 8.62. The van der Waals surface area contributed by atoms with Crippen LogP contribution in [-0.2, 0) is 0 Å². The van der Waals surface area contributed by atoms with Gasteiger partial charge in [-0.25, -0.2) is 0 Å². The van der Waals surface area contributed by atoms with Crippen molar-refractivity contribution in [1.82, 2.24) is 4.90 Å². The molecule has 5 nitrogen and oxygen atoms in total. The van der Waals surface area contributed by atoms with Gasteiger partial charge in [0, 0.05) is 6.54 Å². The summed E-state index contributed by atoms with van der Waals surface area (Å²) in [6.07, 6.45) is 0.926. The normalized spacial score (nSPS) is 36.5. The Balaban J connectivity index is 1.53. The maximum Gasteiger partial charge on any atom is 0.261 e. The van der Waals surface area contributed by atoms with Crippen LogP contribution < -0.4 is 0 Å². The van der Waals surface area contributed by atoms with E-state index < -0.39 is 11.7 Å². The van der Waals surface area contributed by atoms with E-state index in [1.807, 2.05) is 0 Å². The van der Waals surface area contributed by atoms with Gasteiger partial charge in [0.25, 0.3) is 11.8 Å². The molecule has 3 fully saturated rings. The molecule has 3 saturated carbocycles. The Morgan fingerprint density at radius 2 is 1.71 bits per heavy atom. The standard InChI is InChI=1S/C19H23NO4/c1-18(2)11-9-14(18)19(24,15(21)10-11)7-8-20-16(22)12-5-3-4-6-13(12)17(20)23/h3-6,11,14-15,21,24H,7-10H2,1-2H3/t11-,14-,15+,19-/m1/s1. The van der Waals surface area contributed by atoms with Crippen molar-refractivity contribution in [3.63, 3.8) is 0 Å². The molecule has 2 N–H and O–H groups in total. The van der Waals surface area contributed by atoms with E-state index in [9.17, 15) is 19.8 Å². The molecule has 4 atom stereocenters. The lowest BCUT2D eigenvalue weighted by Gasteiger charge is -2.65. The van der Waals surface area contributed by atoms with Crippen LogP contribution in [0.15, 0.2) is 24.3 Å². The Morgan fingerprint density at radius 3 is 2.25 bits per heavy atom. The number of hydrogen-bond acceptors (Lipinski definition) is 4. The van der Waals surface area contributed by atoms with Crippen molar-refractivity contribution >= 4 is 11.8 Å². The summed E-state index contributed by atoms with van der Waals surface area (Å²) in [5, 5.41) is 21.5. The van der Waals surface area contributed by atoms with E-state index in [1.165, 1.54) is 4.90 Å². The van der Waals surface area contributed by atoms with E-state index in [1.54, 1.807) is 24.3 Å². The minimum absolute atomic E-state index is 0.00400. The van der Waals surface area contributed by atoms with Crippen molar-refractivity contribution in [2.45, 2.75) is 44.8 Å². The fraction of sp³-hybridized carbons (Fsp3) is 0.579. The molecule has 2 bridgehead atoms. The van der Waals surface area contributed by atoms with Gasteiger partial charge in [-0.3, -0.25) is 14.5 Å². The van der Waals surface area contributed by atoms with Crippen molar-refractivity contribution in [2.75, 3.05) is 6.54 Å². The van der Waals surface area contributed by atoms with Crippen LogP contribution >= 0.6 is 0 Å². The van der Waals surface area contributed by atoms with Crippen LogP contribution in [0, 0.1) is 17.3 Å². The zero-order chi connectivity index (χ0) is 17.3. The van der Waals surface area contributed by atoms with E-state index in [0.29, 0.717) is 23.5 Å². The molecule has 3 aliphatic carbocycles. The lowest BCUT2D eigenvalue weighted by molar-refractivity contribution is -0.256. The molecule has 1 aromatic rings. The molecule has 5 heteroatoms. The van der Waals surface area contributed by atoms with Crippen LogP contribution in [0.4, 0.5) is 0 Å². The number of aliphatic hydroxyl groups excluding tert-OH is 1. The maximum absolute atomic E-state index is 12.4. The predicted octanol–water partition coefficient (Wildman–Crippen LogP) is 1.83. The first-order valence-corrected chi connectivity index (χ1v) is 8.62. The fourth-order valence-corrected chi connectivity index (χ4v) is 5.04. The van der Waals surface area contributed by atoms with Crippen LogP contribution in [-0.4, -0.2) is 45.2 Å². The predicted molar refractivity (Wildman–Crippen MR) is 87.4 cm³/mol. The van der Waals surface area contributed by atoms with E-state index in [4.69, 9.17) is 0 Å². The second-order valence-electron chi connectivity index (χ2n) is 8.11. The fourth-order valence-electron chi connectivity index (χ4n) is 5.04. The van der Waals surface area contributed by atoms with Gasteiger partial charge in [-0.1, -0.05) is 26.0 Å². The summed E-state index contributed by atoms with van der Waals surface area (Å²) in [6.45, 7) is 4.40. The molecule has 5 rings (SSSR count). The van der Waals surface area contributed by atoms with Crippen molar-refractivity contribution in [3.05, 3.63) is 35.4 Å². The molecule has 1 heterocycles. The molecule has 0 aromatic heterocycles. The molecule has 0 unspecified atom stereocenters. The summed E-state index contributed by atoms with van der Waals surface area (Å²) in [5.41, 5.74) is -0.394.